The minimum absolute atomic E-state index is 0.0953. The molecule has 0 spiro atoms. The summed E-state index contributed by atoms with van der Waals surface area (Å²) in [5.41, 5.74) is 0.542. The van der Waals surface area contributed by atoms with Gasteiger partial charge >= 0.3 is 0 Å². The van der Waals surface area contributed by atoms with Crippen molar-refractivity contribution in [1.29, 1.82) is 0 Å². The Hall–Kier alpha value is -1.92. The molecule has 1 atom stereocenters. The molecule has 1 aliphatic rings. The van der Waals surface area contributed by atoms with E-state index < -0.39 is 0 Å². The Morgan fingerprint density at radius 2 is 2.29 bits per heavy atom. The van der Waals surface area contributed by atoms with Crippen LogP contribution in [0.4, 0.5) is 0 Å². The van der Waals surface area contributed by atoms with Gasteiger partial charge in [0.15, 0.2) is 0 Å². The van der Waals surface area contributed by atoms with E-state index in [1.807, 2.05) is 24.3 Å². The van der Waals surface area contributed by atoms with E-state index in [0.717, 1.165) is 24.0 Å². The van der Waals surface area contributed by atoms with Crippen molar-refractivity contribution in [2.45, 2.75) is 12.8 Å². The number of hydrogen-bond donors (Lipinski definition) is 2. The fourth-order valence-electron chi connectivity index (χ4n) is 2.66. The molecule has 24 heavy (non-hydrogen) atoms. The third kappa shape index (κ3) is 4.79. The highest BCUT2D eigenvalue weighted by atomic mass is 79.9. The Labute approximate surface area is 149 Å². The lowest BCUT2D eigenvalue weighted by molar-refractivity contribution is 0.0944. The van der Waals surface area contributed by atoms with Gasteiger partial charge in [0, 0.05) is 23.3 Å². The SMILES string of the molecule is O=C(NCC1CCCNC1)c1ccc(Oc2cccc(Br)c2)nc1. The number of carbonyl (C=O) groups excluding carboxylic acids is 1. The first-order valence-corrected chi connectivity index (χ1v) is 8.88. The number of amides is 1. The van der Waals surface area contributed by atoms with Crippen LogP contribution in [0, 0.1) is 5.92 Å². The Morgan fingerprint density at radius 3 is 3.00 bits per heavy atom. The van der Waals surface area contributed by atoms with Crippen LogP contribution in [0.3, 0.4) is 0 Å². The molecule has 1 aromatic carbocycles. The summed E-state index contributed by atoms with van der Waals surface area (Å²) in [5.74, 6) is 1.57. The van der Waals surface area contributed by atoms with Crippen molar-refractivity contribution >= 4 is 21.8 Å². The lowest BCUT2D eigenvalue weighted by Gasteiger charge is -2.22. The number of ether oxygens (including phenoxy) is 1. The van der Waals surface area contributed by atoms with Crippen LogP contribution in [0.5, 0.6) is 11.6 Å². The largest absolute Gasteiger partial charge is 0.439 e. The van der Waals surface area contributed by atoms with Crippen LogP contribution < -0.4 is 15.4 Å². The van der Waals surface area contributed by atoms with Gasteiger partial charge in [0.1, 0.15) is 5.75 Å². The number of nitrogens with one attached hydrogen (secondary N) is 2. The molecular formula is C18H20BrN3O2. The summed E-state index contributed by atoms with van der Waals surface area (Å²) < 4.78 is 6.61. The summed E-state index contributed by atoms with van der Waals surface area (Å²) in [7, 11) is 0. The molecule has 0 saturated carbocycles. The molecule has 0 aliphatic carbocycles. The predicted octanol–water partition coefficient (Wildman–Crippen LogP) is 3.37. The fraction of sp³-hybridized carbons (Fsp3) is 0.333. The highest BCUT2D eigenvalue weighted by Gasteiger charge is 2.14. The topological polar surface area (TPSA) is 63.2 Å². The standard InChI is InChI=1S/C18H20BrN3O2/c19-15-4-1-5-16(9-15)24-17-7-6-14(12-21-17)18(23)22-11-13-3-2-8-20-10-13/h1,4-7,9,12-13,20H,2-3,8,10-11H2,(H,22,23). The quantitative estimate of drug-likeness (QED) is 0.822. The molecular weight excluding hydrogens is 370 g/mol. The van der Waals surface area contributed by atoms with E-state index >= 15 is 0 Å². The van der Waals surface area contributed by atoms with Gasteiger partial charge in [-0.25, -0.2) is 4.98 Å². The summed E-state index contributed by atoms with van der Waals surface area (Å²) in [6.07, 6.45) is 3.87. The maximum atomic E-state index is 12.2. The highest BCUT2D eigenvalue weighted by Crippen LogP contribution is 2.23. The molecule has 1 aromatic heterocycles. The predicted molar refractivity (Wildman–Crippen MR) is 96.4 cm³/mol. The number of rotatable bonds is 5. The second kappa shape index (κ2) is 8.26. The van der Waals surface area contributed by atoms with Crippen molar-refractivity contribution in [3.05, 3.63) is 52.6 Å². The summed E-state index contributed by atoms with van der Waals surface area (Å²) in [6, 6.07) is 11.0. The van der Waals surface area contributed by atoms with Crippen molar-refractivity contribution in [3.8, 4) is 11.6 Å². The molecule has 5 nitrogen and oxygen atoms in total. The van der Waals surface area contributed by atoms with Gasteiger partial charge < -0.3 is 15.4 Å². The van der Waals surface area contributed by atoms with E-state index in [1.54, 1.807) is 18.3 Å². The van der Waals surface area contributed by atoms with Gasteiger partial charge in [-0.1, -0.05) is 22.0 Å². The first-order chi connectivity index (χ1) is 11.7. The zero-order valence-corrected chi connectivity index (χ0v) is 14.9. The van der Waals surface area contributed by atoms with E-state index in [2.05, 4.69) is 31.5 Å². The fourth-order valence-corrected chi connectivity index (χ4v) is 3.04. The number of carbonyl (C=O) groups is 1. The molecule has 2 aromatic rings. The molecule has 126 valence electrons. The van der Waals surface area contributed by atoms with Crippen LogP contribution in [0.2, 0.25) is 0 Å². The lowest BCUT2D eigenvalue weighted by atomic mass is 10.00. The van der Waals surface area contributed by atoms with E-state index in [0.29, 0.717) is 29.7 Å². The molecule has 1 unspecified atom stereocenters. The van der Waals surface area contributed by atoms with Gasteiger partial charge in [0.25, 0.3) is 5.91 Å². The molecule has 0 radical (unpaired) electrons. The van der Waals surface area contributed by atoms with E-state index in [4.69, 9.17) is 4.74 Å². The zero-order chi connectivity index (χ0) is 16.8. The van der Waals surface area contributed by atoms with Gasteiger partial charge in [-0.05, 0) is 56.1 Å². The highest BCUT2D eigenvalue weighted by molar-refractivity contribution is 9.10. The molecule has 1 aliphatic heterocycles. The van der Waals surface area contributed by atoms with Crippen molar-refractivity contribution in [3.63, 3.8) is 0 Å². The zero-order valence-electron chi connectivity index (χ0n) is 13.3. The van der Waals surface area contributed by atoms with Crippen molar-refractivity contribution in [1.82, 2.24) is 15.6 Å². The molecule has 6 heteroatoms. The Balaban J connectivity index is 1.54. The molecule has 1 amide bonds. The van der Waals surface area contributed by atoms with Gasteiger partial charge in [0.2, 0.25) is 5.88 Å². The Morgan fingerprint density at radius 1 is 1.38 bits per heavy atom. The van der Waals surface area contributed by atoms with Crippen LogP contribution in [0.15, 0.2) is 47.1 Å². The average molecular weight is 390 g/mol. The molecule has 3 rings (SSSR count). The Kier molecular flexibility index (Phi) is 5.82. The van der Waals surface area contributed by atoms with E-state index in [9.17, 15) is 4.79 Å². The number of benzene rings is 1. The summed E-state index contributed by atoms with van der Waals surface area (Å²) in [5, 5.41) is 6.33. The van der Waals surface area contributed by atoms with Gasteiger partial charge in [-0.2, -0.15) is 0 Å². The minimum Gasteiger partial charge on any atom is -0.439 e. The first-order valence-electron chi connectivity index (χ1n) is 8.09. The van der Waals surface area contributed by atoms with Gasteiger partial charge in [-0.15, -0.1) is 0 Å². The third-order valence-electron chi connectivity index (χ3n) is 3.97. The second-order valence-electron chi connectivity index (χ2n) is 5.87. The summed E-state index contributed by atoms with van der Waals surface area (Å²) in [6.45, 7) is 2.74. The van der Waals surface area contributed by atoms with Crippen LogP contribution in [0.1, 0.15) is 23.2 Å². The van der Waals surface area contributed by atoms with Crippen LogP contribution in [-0.2, 0) is 0 Å². The normalized spacial score (nSPS) is 17.3. The van der Waals surface area contributed by atoms with Crippen molar-refractivity contribution in [2.75, 3.05) is 19.6 Å². The number of pyridine rings is 1. The lowest BCUT2D eigenvalue weighted by Crippen LogP contribution is -2.38. The van der Waals surface area contributed by atoms with E-state index in [1.165, 1.54) is 6.42 Å². The number of piperidine rings is 1. The maximum absolute atomic E-state index is 12.2. The third-order valence-corrected chi connectivity index (χ3v) is 4.46. The average Bonchev–Trinajstić information content (AvgIpc) is 2.61. The maximum Gasteiger partial charge on any atom is 0.252 e. The monoisotopic (exact) mass is 389 g/mol. The van der Waals surface area contributed by atoms with E-state index in [-0.39, 0.29) is 5.91 Å². The van der Waals surface area contributed by atoms with Crippen LogP contribution >= 0.6 is 15.9 Å². The number of aromatic nitrogens is 1. The first kappa shape index (κ1) is 16.9. The summed E-state index contributed by atoms with van der Waals surface area (Å²) >= 11 is 3.40. The minimum atomic E-state index is -0.0953. The number of hydrogen-bond acceptors (Lipinski definition) is 4. The van der Waals surface area contributed by atoms with Crippen LogP contribution in [-0.4, -0.2) is 30.5 Å². The van der Waals surface area contributed by atoms with Gasteiger partial charge in [-0.3, -0.25) is 4.79 Å². The molecule has 1 saturated heterocycles. The van der Waals surface area contributed by atoms with Crippen molar-refractivity contribution < 1.29 is 9.53 Å². The Bertz CT molecular complexity index is 685. The molecule has 0 bridgehead atoms. The second-order valence-corrected chi connectivity index (χ2v) is 6.78. The van der Waals surface area contributed by atoms with Crippen LogP contribution in [0.25, 0.3) is 0 Å². The molecule has 1 fully saturated rings. The smallest absolute Gasteiger partial charge is 0.252 e. The number of nitrogens with zero attached hydrogens (tertiary/aromatic N) is 1. The number of halogens is 1. The molecule has 2 heterocycles. The summed E-state index contributed by atoms with van der Waals surface area (Å²) in [4.78, 5) is 16.4. The van der Waals surface area contributed by atoms with Gasteiger partial charge in [0.05, 0.1) is 5.56 Å². The molecule has 2 N–H and O–H groups in total. The van der Waals surface area contributed by atoms with Crippen molar-refractivity contribution in [2.24, 2.45) is 5.92 Å².